The molecule has 1 aliphatic heterocycles. The van der Waals surface area contributed by atoms with Gasteiger partial charge < -0.3 is 5.11 Å². The number of carbonyl (C=O) groups is 2. The van der Waals surface area contributed by atoms with Gasteiger partial charge in [0.1, 0.15) is 0 Å². The topological polar surface area (TPSA) is 60.9 Å². The molecule has 0 aromatic heterocycles. The van der Waals surface area contributed by atoms with E-state index in [1.807, 2.05) is 64.1 Å². The van der Waals surface area contributed by atoms with E-state index in [1.165, 1.54) is 16.0 Å². The van der Waals surface area contributed by atoms with Gasteiger partial charge in [0.25, 0.3) is 0 Å². The number of likely N-dealkylation sites (tertiary alicyclic amines) is 1. The summed E-state index contributed by atoms with van der Waals surface area (Å²) in [5.74, 6) is 0.101. The number of carbonyl (C=O) groups excluding carboxylic acids is 1. The first-order chi connectivity index (χ1) is 16.7. The van der Waals surface area contributed by atoms with E-state index >= 15 is 0 Å². The van der Waals surface area contributed by atoms with Gasteiger partial charge in [0, 0.05) is 30.1 Å². The van der Waals surface area contributed by atoms with Crippen molar-refractivity contribution in [2.75, 3.05) is 13.1 Å². The third kappa shape index (κ3) is 5.30. The molecule has 3 aromatic carbocycles. The minimum Gasteiger partial charge on any atom is -0.465 e. The number of ketones is 1. The Balaban J connectivity index is 1.46. The molecule has 35 heavy (non-hydrogen) atoms. The summed E-state index contributed by atoms with van der Waals surface area (Å²) in [6, 6.07) is 28.1. The number of rotatable bonds is 7. The number of carboxylic acid groups (broad SMARTS) is 1. The monoisotopic (exact) mass is 470 g/mol. The molecule has 5 heteroatoms. The molecule has 1 fully saturated rings. The highest BCUT2D eigenvalue weighted by atomic mass is 16.4. The van der Waals surface area contributed by atoms with Gasteiger partial charge in [0.2, 0.25) is 0 Å². The van der Waals surface area contributed by atoms with Crippen molar-refractivity contribution in [2.24, 2.45) is 5.92 Å². The van der Waals surface area contributed by atoms with E-state index in [0.717, 1.165) is 5.56 Å². The van der Waals surface area contributed by atoms with Gasteiger partial charge >= 0.3 is 6.09 Å². The van der Waals surface area contributed by atoms with Crippen molar-refractivity contribution >= 4 is 11.9 Å². The molecule has 0 spiro atoms. The molecule has 0 radical (unpaired) electrons. The maximum Gasteiger partial charge on any atom is 0.408 e. The molecule has 0 aliphatic carbocycles. The van der Waals surface area contributed by atoms with E-state index in [2.05, 4.69) is 53.4 Å². The zero-order chi connectivity index (χ0) is 25.2. The average Bonchev–Trinajstić information content (AvgIpc) is 2.80. The van der Waals surface area contributed by atoms with Gasteiger partial charge in [0.15, 0.2) is 5.78 Å². The highest BCUT2D eigenvalue weighted by molar-refractivity contribution is 5.98. The Kier molecular flexibility index (Phi) is 7.08. The van der Waals surface area contributed by atoms with Crippen LogP contribution < -0.4 is 0 Å². The predicted octanol–water partition coefficient (Wildman–Crippen LogP) is 6.43. The minimum absolute atomic E-state index is 0.0432. The van der Waals surface area contributed by atoms with Crippen molar-refractivity contribution in [1.29, 1.82) is 0 Å². The number of hydrogen-bond donors (Lipinski definition) is 1. The van der Waals surface area contributed by atoms with Gasteiger partial charge in [-0.15, -0.1) is 0 Å². The lowest BCUT2D eigenvalue weighted by molar-refractivity contribution is 0.0502. The van der Waals surface area contributed by atoms with Crippen LogP contribution in [0.3, 0.4) is 0 Å². The minimum atomic E-state index is -0.953. The van der Waals surface area contributed by atoms with Crippen molar-refractivity contribution in [3.8, 4) is 0 Å². The van der Waals surface area contributed by atoms with E-state index in [0.29, 0.717) is 18.7 Å². The molecule has 0 unspecified atom stereocenters. The quantitative estimate of drug-likeness (QED) is 0.404. The van der Waals surface area contributed by atoms with Crippen LogP contribution in [0.5, 0.6) is 0 Å². The van der Waals surface area contributed by atoms with Crippen LogP contribution in [0.2, 0.25) is 0 Å². The van der Waals surface area contributed by atoms with E-state index in [9.17, 15) is 14.7 Å². The number of nitrogens with zero attached hydrogens (tertiary/aromatic N) is 2. The SMILES string of the molecule is C[C@@H](c1ccc(C(=O)C2CN(C(c3ccccc3)c3ccccc3)C2)cc1)N(C(=O)O)C(C)(C)C. The third-order valence-electron chi connectivity index (χ3n) is 6.87. The van der Waals surface area contributed by atoms with Crippen LogP contribution in [0.1, 0.15) is 66.8 Å². The first-order valence-electron chi connectivity index (χ1n) is 12.2. The second-order valence-electron chi connectivity index (χ2n) is 10.4. The molecular formula is C30H34N2O3. The lowest BCUT2D eigenvalue weighted by atomic mass is 9.86. The van der Waals surface area contributed by atoms with E-state index < -0.39 is 11.6 Å². The van der Waals surface area contributed by atoms with Crippen LogP contribution in [0.25, 0.3) is 0 Å². The van der Waals surface area contributed by atoms with Gasteiger partial charge in [0.05, 0.1) is 12.1 Å². The van der Waals surface area contributed by atoms with Crippen molar-refractivity contribution in [1.82, 2.24) is 9.80 Å². The number of benzene rings is 3. The zero-order valence-corrected chi connectivity index (χ0v) is 20.9. The second-order valence-corrected chi connectivity index (χ2v) is 10.4. The Morgan fingerprint density at radius 2 is 1.31 bits per heavy atom. The first kappa shape index (κ1) is 24.7. The zero-order valence-electron chi connectivity index (χ0n) is 20.9. The van der Waals surface area contributed by atoms with Gasteiger partial charge in [-0.05, 0) is 44.4 Å². The summed E-state index contributed by atoms with van der Waals surface area (Å²) in [5, 5.41) is 9.70. The van der Waals surface area contributed by atoms with Crippen molar-refractivity contribution < 1.29 is 14.7 Å². The summed E-state index contributed by atoms with van der Waals surface area (Å²) in [4.78, 5) is 28.9. The third-order valence-corrected chi connectivity index (χ3v) is 6.87. The van der Waals surface area contributed by atoms with Crippen LogP contribution in [-0.2, 0) is 0 Å². The van der Waals surface area contributed by atoms with E-state index in [4.69, 9.17) is 0 Å². The molecule has 1 aliphatic rings. The van der Waals surface area contributed by atoms with Crippen LogP contribution in [0.15, 0.2) is 84.9 Å². The lowest BCUT2D eigenvalue weighted by Crippen LogP contribution is -2.52. The summed E-state index contributed by atoms with van der Waals surface area (Å²) in [5.41, 5.74) is 3.49. The van der Waals surface area contributed by atoms with E-state index in [1.54, 1.807) is 0 Å². The molecule has 1 atom stereocenters. The largest absolute Gasteiger partial charge is 0.465 e. The molecule has 182 valence electrons. The number of Topliss-reactive ketones (excluding diaryl/α,β-unsaturated/α-hetero) is 1. The van der Waals surface area contributed by atoms with Gasteiger partial charge in [-0.1, -0.05) is 84.9 Å². The van der Waals surface area contributed by atoms with Gasteiger partial charge in [-0.25, -0.2) is 4.79 Å². The number of amides is 1. The first-order valence-corrected chi connectivity index (χ1v) is 12.2. The van der Waals surface area contributed by atoms with Crippen LogP contribution in [-0.4, -0.2) is 45.4 Å². The van der Waals surface area contributed by atoms with Crippen molar-refractivity contribution in [3.63, 3.8) is 0 Å². The standard InChI is InChI=1S/C30H34N2O3/c1-21(32(29(34)35)30(2,3)4)22-15-17-25(18-16-22)28(33)26-19-31(20-26)27(23-11-7-5-8-12-23)24-13-9-6-10-14-24/h5-18,21,26-27H,19-20H2,1-4H3,(H,34,35)/t21-/m0/s1. The Labute approximate surface area is 208 Å². The molecule has 1 amide bonds. The average molecular weight is 471 g/mol. The Morgan fingerprint density at radius 3 is 1.74 bits per heavy atom. The van der Waals surface area contributed by atoms with Crippen molar-refractivity contribution in [2.45, 2.75) is 45.3 Å². The van der Waals surface area contributed by atoms with E-state index in [-0.39, 0.29) is 23.8 Å². The molecular weight excluding hydrogens is 436 g/mol. The van der Waals surface area contributed by atoms with Gasteiger partial charge in [-0.3, -0.25) is 14.6 Å². The molecule has 1 heterocycles. The molecule has 0 bridgehead atoms. The molecule has 0 saturated carbocycles. The summed E-state index contributed by atoms with van der Waals surface area (Å²) in [6.45, 7) is 8.96. The van der Waals surface area contributed by atoms with Crippen LogP contribution >= 0.6 is 0 Å². The fraction of sp³-hybridized carbons (Fsp3) is 0.333. The highest BCUT2D eigenvalue weighted by Gasteiger charge is 2.38. The smallest absolute Gasteiger partial charge is 0.408 e. The predicted molar refractivity (Wildman–Crippen MR) is 139 cm³/mol. The normalized spacial score (nSPS) is 15.5. The Bertz CT molecular complexity index is 1110. The maximum absolute atomic E-state index is 13.2. The van der Waals surface area contributed by atoms with Crippen molar-refractivity contribution in [3.05, 3.63) is 107 Å². The summed E-state index contributed by atoms with van der Waals surface area (Å²) >= 11 is 0. The molecule has 4 rings (SSSR count). The summed E-state index contributed by atoms with van der Waals surface area (Å²) in [6.07, 6.45) is -0.953. The highest BCUT2D eigenvalue weighted by Crippen LogP contribution is 2.35. The molecule has 1 N–H and O–H groups in total. The van der Waals surface area contributed by atoms with Crippen LogP contribution in [0, 0.1) is 5.92 Å². The Hall–Kier alpha value is -3.44. The fourth-order valence-corrected chi connectivity index (χ4v) is 5.12. The summed E-state index contributed by atoms with van der Waals surface area (Å²) in [7, 11) is 0. The lowest BCUT2D eigenvalue weighted by Gasteiger charge is -2.44. The fourth-order valence-electron chi connectivity index (χ4n) is 5.12. The second kappa shape index (κ2) is 10.0. The molecule has 3 aromatic rings. The maximum atomic E-state index is 13.2. The Morgan fingerprint density at radius 1 is 0.829 bits per heavy atom. The number of hydrogen-bond acceptors (Lipinski definition) is 3. The molecule has 5 nitrogen and oxygen atoms in total. The summed E-state index contributed by atoms with van der Waals surface area (Å²) < 4.78 is 0. The van der Waals surface area contributed by atoms with Gasteiger partial charge in [-0.2, -0.15) is 0 Å². The molecule has 1 saturated heterocycles. The van der Waals surface area contributed by atoms with Crippen LogP contribution in [0.4, 0.5) is 4.79 Å².